The van der Waals surface area contributed by atoms with E-state index in [2.05, 4.69) is 5.32 Å². The number of halogens is 2. The van der Waals surface area contributed by atoms with Gasteiger partial charge in [-0.05, 0) is 52.3 Å². The molecule has 2 aromatic carbocycles. The monoisotopic (exact) mass is 383 g/mol. The number of hydrogen-bond donors (Lipinski definition) is 1. The number of hydrogen-bond acceptors (Lipinski definition) is 1. The normalized spacial score (nSPS) is 11.9. The van der Waals surface area contributed by atoms with E-state index in [0.717, 1.165) is 9.13 Å². The Labute approximate surface area is 131 Å². The van der Waals surface area contributed by atoms with Crippen molar-refractivity contribution in [2.45, 2.75) is 19.3 Å². The molecule has 1 atom stereocenters. The van der Waals surface area contributed by atoms with Gasteiger partial charge in [0.15, 0.2) is 0 Å². The fourth-order valence-corrected chi connectivity index (χ4v) is 2.42. The van der Waals surface area contributed by atoms with Gasteiger partial charge < -0.3 is 5.32 Å². The van der Waals surface area contributed by atoms with Crippen LogP contribution in [0.2, 0.25) is 0 Å². The first kappa shape index (κ1) is 15.0. The van der Waals surface area contributed by atoms with Gasteiger partial charge in [0.2, 0.25) is 5.91 Å². The quantitative estimate of drug-likeness (QED) is 0.771. The van der Waals surface area contributed by atoms with Gasteiger partial charge in [0.1, 0.15) is 5.82 Å². The zero-order valence-electron chi connectivity index (χ0n) is 11.1. The summed E-state index contributed by atoms with van der Waals surface area (Å²) in [6.07, 6.45) is 0.329. The molecule has 0 aliphatic rings. The second kappa shape index (κ2) is 6.83. The Balaban J connectivity index is 1.99. The Kier molecular flexibility index (Phi) is 5.11. The van der Waals surface area contributed by atoms with Crippen LogP contribution in [0.4, 0.5) is 10.1 Å². The molecule has 0 fully saturated rings. The first-order valence-electron chi connectivity index (χ1n) is 6.36. The predicted octanol–water partition coefficient (Wildman–Crippen LogP) is 4.56. The molecule has 104 valence electrons. The zero-order valence-corrected chi connectivity index (χ0v) is 13.2. The molecular weight excluding hydrogens is 368 g/mol. The minimum atomic E-state index is -0.405. The molecule has 0 saturated heterocycles. The summed E-state index contributed by atoms with van der Waals surface area (Å²) in [6.45, 7) is 1.99. The minimum Gasteiger partial charge on any atom is -0.324 e. The molecule has 0 bridgehead atoms. The number of nitrogens with one attached hydrogen (secondary N) is 1. The van der Waals surface area contributed by atoms with E-state index in [1.807, 2.05) is 59.8 Å². The zero-order chi connectivity index (χ0) is 14.5. The van der Waals surface area contributed by atoms with Crippen molar-refractivity contribution < 1.29 is 9.18 Å². The number of carbonyl (C=O) groups is 1. The Morgan fingerprint density at radius 3 is 2.60 bits per heavy atom. The summed E-state index contributed by atoms with van der Waals surface area (Å²) in [4.78, 5) is 12.0. The fourth-order valence-electron chi connectivity index (χ4n) is 1.97. The molecule has 0 radical (unpaired) electrons. The molecule has 1 N–H and O–H groups in total. The van der Waals surface area contributed by atoms with Crippen LogP contribution in [0.1, 0.15) is 24.8 Å². The molecule has 2 nitrogen and oxygen atoms in total. The molecule has 2 rings (SSSR count). The van der Waals surface area contributed by atoms with E-state index in [1.54, 1.807) is 12.1 Å². The van der Waals surface area contributed by atoms with Gasteiger partial charge in [0.05, 0.1) is 5.69 Å². The van der Waals surface area contributed by atoms with Crippen molar-refractivity contribution in [3.63, 3.8) is 0 Å². The first-order chi connectivity index (χ1) is 9.56. The Bertz CT molecular complexity index is 601. The minimum absolute atomic E-state index is 0.100. The van der Waals surface area contributed by atoms with Crippen LogP contribution < -0.4 is 5.32 Å². The highest BCUT2D eigenvalue weighted by Gasteiger charge is 2.12. The third-order valence-electron chi connectivity index (χ3n) is 3.07. The summed E-state index contributed by atoms with van der Waals surface area (Å²) < 4.78 is 14.5. The van der Waals surface area contributed by atoms with Gasteiger partial charge in [0, 0.05) is 9.99 Å². The van der Waals surface area contributed by atoms with Crippen molar-refractivity contribution in [1.29, 1.82) is 0 Å². The van der Waals surface area contributed by atoms with Crippen LogP contribution >= 0.6 is 22.6 Å². The smallest absolute Gasteiger partial charge is 0.225 e. The van der Waals surface area contributed by atoms with Crippen LogP contribution in [0.25, 0.3) is 0 Å². The molecule has 4 heteroatoms. The Hall–Kier alpha value is -1.43. The summed E-state index contributed by atoms with van der Waals surface area (Å²) in [5, 5.41) is 2.62. The molecule has 0 spiro atoms. The SMILES string of the molecule is CC(CC(=O)Nc1ccc(I)cc1F)c1ccccc1. The van der Waals surface area contributed by atoms with Gasteiger partial charge in [-0.3, -0.25) is 4.79 Å². The average Bonchev–Trinajstić information content (AvgIpc) is 2.43. The van der Waals surface area contributed by atoms with E-state index >= 15 is 0 Å². The van der Waals surface area contributed by atoms with Gasteiger partial charge in [-0.15, -0.1) is 0 Å². The molecule has 2 aromatic rings. The summed E-state index contributed by atoms with van der Waals surface area (Å²) in [5.41, 5.74) is 1.33. The highest BCUT2D eigenvalue weighted by atomic mass is 127. The van der Waals surface area contributed by atoms with Crippen molar-refractivity contribution in [2.75, 3.05) is 5.32 Å². The average molecular weight is 383 g/mol. The molecule has 0 saturated carbocycles. The predicted molar refractivity (Wildman–Crippen MR) is 87.2 cm³/mol. The maximum Gasteiger partial charge on any atom is 0.225 e. The molecule has 1 unspecified atom stereocenters. The van der Waals surface area contributed by atoms with E-state index in [4.69, 9.17) is 0 Å². The standard InChI is InChI=1S/C16H15FINO/c1-11(12-5-3-2-4-6-12)9-16(20)19-15-8-7-13(18)10-14(15)17/h2-8,10-11H,9H2,1H3,(H,19,20). The molecule has 20 heavy (non-hydrogen) atoms. The van der Waals surface area contributed by atoms with Crippen LogP contribution in [-0.2, 0) is 4.79 Å². The molecule has 0 aliphatic heterocycles. The summed E-state index contributed by atoms with van der Waals surface area (Å²) in [7, 11) is 0. The fraction of sp³-hybridized carbons (Fsp3) is 0.188. The summed E-state index contributed by atoms with van der Waals surface area (Å²) >= 11 is 2.03. The third kappa shape index (κ3) is 4.03. The largest absolute Gasteiger partial charge is 0.324 e. The number of anilines is 1. The lowest BCUT2D eigenvalue weighted by Gasteiger charge is -2.12. The van der Waals surface area contributed by atoms with Crippen molar-refractivity contribution >= 4 is 34.2 Å². The van der Waals surface area contributed by atoms with Crippen molar-refractivity contribution in [3.8, 4) is 0 Å². The molecule has 0 heterocycles. The van der Waals surface area contributed by atoms with Crippen LogP contribution in [0, 0.1) is 9.39 Å². The number of amides is 1. The van der Waals surface area contributed by atoms with E-state index in [0.29, 0.717) is 6.42 Å². The van der Waals surface area contributed by atoms with Gasteiger partial charge in [-0.1, -0.05) is 37.3 Å². The summed E-state index contributed by atoms with van der Waals surface area (Å²) in [6, 6.07) is 14.6. The second-order valence-corrected chi connectivity index (χ2v) is 5.93. The van der Waals surface area contributed by atoms with Crippen LogP contribution in [-0.4, -0.2) is 5.91 Å². The van der Waals surface area contributed by atoms with Gasteiger partial charge in [-0.25, -0.2) is 4.39 Å². The van der Waals surface area contributed by atoms with Crippen molar-refractivity contribution in [1.82, 2.24) is 0 Å². The first-order valence-corrected chi connectivity index (χ1v) is 7.44. The van der Waals surface area contributed by atoms with Crippen LogP contribution in [0.3, 0.4) is 0 Å². The number of rotatable bonds is 4. The van der Waals surface area contributed by atoms with E-state index < -0.39 is 5.82 Å². The van der Waals surface area contributed by atoms with E-state index in [-0.39, 0.29) is 17.5 Å². The lowest BCUT2D eigenvalue weighted by Crippen LogP contribution is -2.15. The van der Waals surface area contributed by atoms with Crippen molar-refractivity contribution in [2.24, 2.45) is 0 Å². The summed E-state index contributed by atoms with van der Waals surface area (Å²) in [5.74, 6) is -0.484. The third-order valence-corrected chi connectivity index (χ3v) is 3.74. The lowest BCUT2D eigenvalue weighted by atomic mass is 9.97. The maximum absolute atomic E-state index is 13.7. The highest BCUT2D eigenvalue weighted by molar-refractivity contribution is 14.1. The van der Waals surface area contributed by atoms with Gasteiger partial charge in [0.25, 0.3) is 0 Å². The molecule has 0 aromatic heterocycles. The van der Waals surface area contributed by atoms with Gasteiger partial charge >= 0.3 is 0 Å². The lowest BCUT2D eigenvalue weighted by molar-refractivity contribution is -0.116. The van der Waals surface area contributed by atoms with E-state index in [9.17, 15) is 9.18 Å². The molecular formula is C16H15FINO. The van der Waals surface area contributed by atoms with Crippen LogP contribution in [0.15, 0.2) is 48.5 Å². The van der Waals surface area contributed by atoms with E-state index in [1.165, 1.54) is 6.07 Å². The van der Waals surface area contributed by atoms with Crippen LogP contribution in [0.5, 0.6) is 0 Å². The Morgan fingerprint density at radius 2 is 1.95 bits per heavy atom. The maximum atomic E-state index is 13.7. The van der Waals surface area contributed by atoms with Gasteiger partial charge in [-0.2, -0.15) is 0 Å². The second-order valence-electron chi connectivity index (χ2n) is 4.69. The Morgan fingerprint density at radius 1 is 1.25 bits per heavy atom. The topological polar surface area (TPSA) is 29.1 Å². The number of carbonyl (C=O) groups excluding carboxylic acids is 1. The highest BCUT2D eigenvalue weighted by Crippen LogP contribution is 2.21. The molecule has 1 amide bonds. The number of benzene rings is 2. The van der Waals surface area contributed by atoms with Crippen molar-refractivity contribution in [3.05, 3.63) is 63.5 Å². The molecule has 0 aliphatic carbocycles.